The smallest absolute Gasteiger partial charge is 0.497 e. The van der Waals surface area contributed by atoms with E-state index in [2.05, 4.69) is 16.1 Å². The lowest BCUT2D eigenvalue weighted by molar-refractivity contribution is -0.133. The van der Waals surface area contributed by atoms with E-state index in [1.807, 2.05) is 0 Å². The summed E-state index contributed by atoms with van der Waals surface area (Å²) in [4.78, 5) is 13.7. The van der Waals surface area contributed by atoms with Gasteiger partial charge in [0.05, 0.1) is 14.2 Å². The van der Waals surface area contributed by atoms with Gasteiger partial charge in [-0.15, -0.1) is 0 Å². The van der Waals surface area contributed by atoms with Gasteiger partial charge in [-0.1, -0.05) is 24.3 Å². The minimum Gasteiger partial charge on any atom is -0.497 e. The molecule has 0 aliphatic carbocycles. The van der Waals surface area contributed by atoms with Gasteiger partial charge in [0.2, 0.25) is 10.9 Å². The van der Waals surface area contributed by atoms with E-state index in [4.69, 9.17) is 23.8 Å². The van der Waals surface area contributed by atoms with E-state index in [-0.39, 0.29) is 5.88 Å². The zero-order valence-corrected chi connectivity index (χ0v) is 17.9. The summed E-state index contributed by atoms with van der Waals surface area (Å²) in [5, 5.41) is 34.0. The highest BCUT2D eigenvalue weighted by atomic mass is 17.2. The molecule has 166 valence electrons. The molecule has 0 unspecified atom stereocenters. The zero-order valence-electron chi connectivity index (χ0n) is 17.9. The molecule has 3 N–H and O–H groups in total. The van der Waals surface area contributed by atoms with Crippen LogP contribution in [-0.4, -0.2) is 55.6 Å². The van der Waals surface area contributed by atoms with Gasteiger partial charge in [0.25, 0.3) is 0 Å². The molecule has 1 heterocycles. The first-order chi connectivity index (χ1) is 16.0. The highest BCUT2D eigenvalue weighted by molar-refractivity contribution is 6.62. The molecule has 33 heavy (non-hydrogen) atoms. The molecule has 3 rings (SSSR count). The summed E-state index contributed by atoms with van der Waals surface area (Å²) >= 11 is 0. The van der Waals surface area contributed by atoms with Crippen molar-refractivity contribution in [1.82, 2.24) is 4.98 Å². The normalized spacial score (nSPS) is 9.97. The molecule has 0 bridgehead atoms. The summed E-state index contributed by atoms with van der Waals surface area (Å²) in [6.07, 6.45) is 1.43. The number of hydrogen-bond donors (Lipinski definition) is 3. The first kappa shape index (κ1) is 24.1. The molecule has 1 aromatic heterocycles. The van der Waals surface area contributed by atoms with Crippen LogP contribution in [0.25, 0.3) is 5.01 Å². The summed E-state index contributed by atoms with van der Waals surface area (Å²) in [7, 11) is -1.28. The van der Waals surface area contributed by atoms with E-state index in [0.717, 1.165) is 0 Å². The highest BCUT2D eigenvalue weighted by Crippen LogP contribution is 2.06. The van der Waals surface area contributed by atoms with Gasteiger partial charge in [-0.25, -0.2) is 9.74 Å². The van der Waals surface area contributed by atoms with E-state index in [9.17, 15) is 15.1 Å². The lowest BCUT2D eigenvalue weighted by atomic mass is 9.78. The van der Waals surface area contributed by atoms with Crippen molar-refractivity contribution in [2.45, 2.75) is 0 Å². The highest BCUT2D eigenvalue weighted by Gasteiger charge is 2.26. The molecular weight excluding hydrogens is 429 g/mol. The molecule has 0 fully saturated rings. The molecule has 0 spiro atoms. The van der Waals surface area contributed by atoms with Crippen LogP contribution in [0.5, 0.6) is 11.6 Å². The quantitative estimate of drug-likeness (QED) is 0.217. The van der Waals surface area contributed by atoms with Crippen molar-refractivity contribution in [3.63, 3.8) is 0 Å². The first-order valence-corrected chi connectivity index (χ1v) is 9.72. The van der Waals surface area contributed by atoms with E-state index in [0.29, 0.717) is 27.7 Å². The Labute approximate surface area is 191 Å². The van der Waals surface area contributed by atoms with Crippen molar-refractivity contribution in [2.75, 3.05) is 14.2 Å². The minimum atomic E-state index is -1.50. The predicted molar refractivity (Wildman–Crippen MR) is 123 cm³/mol. The Hall–Kier alpha value is -3.53. The second kappa shape index (κ2) is 11.9. The average Bonchev–Trinajstić information content (AvgIpc) is 2.87. The molecule has 10 nitrogen and oxygen atoms in total. The van der Waals surface area contributed by atoms with Crippen LogP contribution in [0.2, 0.25) is 0 Å². The lowest BCUT2D eigenvalue weighted by Gasteiger charge is -2.11. The number of hydrogen-bond acceptors (Lipinski definition) is 9. The fraction of sp³-hybridized carbons (Fsp3) is 0.100. The number of nitrogens with zero attached hydrogens (tertiary/aromatic N) is 2. The maximum absolute atomic E-state index is 10.2. The summed E-state index contributed by atoms with van der Waals surface area (Å²) in [6.45, 7) is 0. The van der Waals surface area contributed by atoms with Gasteiger partial charge in [-0.2, -0.15) is 0 Å². The van der Waals surface area contributed by atoms with Crippen LogP contribution in [0.15, 0.2) is 66.9 Å². The summed E-state index contributed by atoms with van der Waals surface area (Å²) in [6, 6.07) is 18.6. The average molecular weight is 449 g/mol. The van der Waals surface area contributed by atoms with E-state index >= 15 is 0 Å². The van der Waals surface area contributed by atoms with Gasteiger partial charge in [-0.05, 0) is 41.3 Å². The van der Waals surface area contributed by atoms with Crippen molar-refractivity contribution in [1.29, 1.82) is 0 Å². The third-order valence-electron chi connectivity index (χ3n) is 4.39. The summed E-state index contributed by atoms with van der Waals surface area (Å²) in [5.74, 6) is 0.938. The molecule has 0 saturated heterocycles. The van der Waals surface area contributed by atoms with Gasteiger partial charge < -0.3 is 24.5 Å². The monoisotopic (exact) mass is 449 g/mol. The topological polar surface area (TPSA) is 124 Å². The van der Waals surface area contributed by atoms with Crippen LogP contribution in [0.1, 0.15) is 5.56 Å². The number of ether oxygens (including phenoxy) is 2. The molecule has 0 aliphatic heterocycles. The van der Waals surface area contributed by atoms with Crippen molar-refractivity contribution in [3.8, 4) is 17.7 Å². The minimum absolute atomic E-state index is 0.289. The van der Waals surface area contributed by atoms with Crippen LogP contribution in [0.4, 0.5) is 0 Å². The van der Waals surface area contributed by atoms with Gasteiger partial charge >= 0.3 is 27.4 Å². The Morgan fingerprint density at radius 2 is 1.48 bits per heavy atom. The molecule has 0 atom stereocenters. The fourth-order valence-corrected chi connectivity index (χ4v) is 2.63. The van der Waals surface area contributed by atoms with Gasteiger partial charge in [-0.3, -0.25) is 9.61 Å². The molecule has 0 radical (unpaired) electrons. The molecule has 0 amide bonds. The van der Waals surface area contributed by atoms with Gasteiger partial charge in [0.15, 0.2) is 0 Å². The third-order valence-corrected chi connectivity index (χ3v) is 4.39. The Bertz CT molecular complexity index is 1110. The molecule has 3 aromatic rings. The van der Waals surface area contributed by atoms with Gasteiger partial charge in [0.1, 0.15) is 11.3 Å². The first-order valence-electron chi connectivity index (χ1n) is 9.72. The second-order valence-electron chi connectivity index (χ2n) is 6.59. The van der Waals surface area contributed by atoms with E-state index < -0.39 is 21.4 Å². The van der Waals surface area contributed by atoms with Crippen LogP contribution < -0.4 is 25.9 Å². The number of methoxy groups -OCH3 is 2. The SMILES string of the molecule is COc1ccc(B(O)O[N+]#Cc2cccc(B(O)OOB(O)c3ccnc(OC)c3)c2)cc1. The largest absolute Gasteiger partial charge is 0.664 e. The Kier molecular flexibility index (Phi) is 8.71. The summed E-state index contributed by atoms with van der Waals surface area (Å²) < 4.78 is 15.1. The zero-order chi connectivity index (χ0) is 23.6. The Morgan fingerprint density at radius 1 is 0.788 bits per heavy atom. The maximum Gasteiger partial charge on any atom is 0.664 e. The number of pyridine rings is 1. The summed E-state index contributed by atoms with van der Waals surface area (Å²) in [5.41, 5.74) is 1.57. The van der Waals surface area contributed by atoms with Crippen molar-refractivity contribution in [3.05, 3.63) is 77.4 Å². The van der Waals surface area contributed by atoms with Crippen LogP contribution in [-0.2, 0) is 14.4 Å². The molecule has 0 aliphatic rings. The standard InChI is InChI=1S/C20H20B3N2O8/c1-29-19-8-6-16(7-9-19)21(26)31-25-14-15-4-3-5-17(12-15)22(27)32-33-23(28)18-10-11-24-20(13-18)30-2/h3-13,26-28H,1-2H3/q+1. The van der Waals surface area contributed by atoms with Crippen molar-refractivity contribution >= 4 is 37.7 Å². The van der Waals surface area contributed by atoms with Crippen molar-refractivity contribution in [2.24, 2.45) is 0 Å². The Balaban J connectivity index is 1.56. The van der Waals surface area contributed by atoms with Gasteiger partial charge in [0, 0.05) is 17.7 Å². The van der Waals surface area contributed by atoms with Crippen LogP contribution in [0.3, 0.4) is 0 Å². The molecular formula is C20H20B3N2O8+. The second-order valence-corrected chi connectivity index (χ2v) is 6.59. The maximum atomic E-state index is 10.2. The molecule has 0 saturated carbocycles. The van der Waals surface area contributed by atoms with Crippen LogP contribution in [0, 0.1) is 6.07 Å². The van der Waals surface area contributed by atoms with E-state index in [1.54, 1.807) is 49.6 Å². The molecule has 2 aromatic carbocycles. The van der Waals surface area contributed by atoms with E-state index in [1.165, 1.54) is 31.5 Å². The number of aromatic nitrogens is 1. The van der Waals surface area contributed by atoms with Crippen molar-refractivity contribution < 1.29 is 38.9 Å². The van der Waals surface area contributed by atoms with Crippen LogP contribution >= 0.6 is 0 Å². The third kappa shape index (κ3) is 6.98. The lowest BCUT2D eigenvalue weighted by Crippen LogP contribution is -2.40. The Morgan fingerprint density at radius 3 is 2.15 bits per heavy atom. The molecule has 13 heteroatoms. The number of benzene rings is 2. The predicted octanol–water partition coefficient (Wildman–Crippen LogP) is -0.877. The fourth-order valence-electron chi connectivity index (χ4n) is 2.63. The number of rotatable bonds is 9.